The van der Waals surface area contributed by atoms with Gasteiger partial charge in [0, 0.05) is 24.7 Å². The molecule has 2 aromatic rings. The van der Waals surface area contributed by atoms with Gasteiger partial charge in [0.25, 0.3) is 11.4 Å². The molecule has 0 aliphatic carbocycles. The van der Waals surface area contributed by atoms with Crippen molar-refractivity contribution >= 4 is 22.9 Å². The Bertz CT molecular complexity index is 794. The van der Waals surface area contributed by atoms with Crippen molar-refractivity contribution in [3.8, 4) is 0 Å². The van der Waals surface area contributed by atoms with Crippen molar-refractivity contribution in [3.63, 3.8) is 0 Å². The molecule has 2 N–H and O–H groups in total. The summed E-state index contributed by atoms with van der Waals surface area (Å²) in [4.78, 5) is 24.9. The van der Waals surface area contributed by atoms with Crippen molar-refractivity contribution in [1.29, 1.82) is 0 Å². The lowest BCUT2D eigenvalue weighted by atomic mass is 10.2. The third-order valence-electron chi connectivity index (χ3n) is 3.60. The molecule has 0 atom stereocenters. The summed E-state index contributed by atoms with van der Waals surface area (Å²) < 4.78 is 0. The van der Waals surface area contributed by atoms with Crippen LogP contribution in [0.25, 0.3) is 0 Å². The van der Waals surface area contributed by atoms with Crippen LogP contribution in [0, 0.1) is 34.1 Å². The predicted octanol–water partition coefficient (Wildman–Crippen LogP) is 3.43. The summed E-state index contributed by atoms with van der Waals surface area (Å²) in [6.45, 7) is 4.59. The molecule has 9 heteroatoms. The molecule has 0 aliphatic heterocycles. The minimum absolute atomic E-state index is 0.0149. The first kappa shape index (κ1) is 18.1. The number of nitro groups is 2. The van der Waals surface area contributed by atoms with Crippen molar-refractivity contribution < 1.29 is 9.85 Å². The summed E-state index contributed by atoms with van der Waals surface area (Å²) in [5.74, 6) is 0.560. The van der Waals surface area contributed by atoms with E-state index >= 15 is 0 Å². The van der Waals surface area contributed by atoms with E-state index in [1.807, 2.05) is 6.07 Å². The molecule has 0 saturated carbocycles. The summed E-state index contributed by atoms with van der Waals surface area (Å²) in [5.41, 5.74) is 1.90. The van der Waals surface area contributed by atoms with Gasteiger partial charge in [-0.15, -0.1) is 0 Å². The fourth-order valence-electron chi connectivity index (χ4n) is 2.31. The van der Waals surface area contributed by atoms with E-state index in [2.05, 4.69) is 15.6 Å². The van der Waals surface area contributed by atoms with Crippen LogP contribution in [0.2, 0.25) is 0 Å². The molecular formula is C16H19N5O4. The van der Waals surface area contributed by atoms with Gasteiger partial charge in [-0.2, -0.15) is 0 Å². The van der Waals surface area contributed by atoms with Gasteiger partial charge in [0.2, 0.25) is 0 Å². The second kappa shape index (κ2) is 8.04. The summed E-state index contributed by atoms with van der Waals surface area (Å²) in [5, 5.41) is 27.9. The molecule has 0 bridgehead atoms. The number of benzene rings is 1. The molecular weight excluding hydrogens is 326 g/mol. The Kier molecular flexibility index (Phi) is 5.83. The molecule has 2 rings (SSSR count). The smallest absolute Gasteiger partial charge is 0.292 e. The number of aryl methyl sites for hydroxylation is 2. The Hall–Kier alpha value is -3.23. The first-order chi connectivity index (χ1) is 11.9. The van der Waals surface area contributed by atoms with E-state index in [-0.39, 0.29) is 11.4 Å². The highest BCUT2D eigenvalue weighted by Crippen LogP contribution is 2.25. The molecule has 1 heterocycles. The van der Waals surface area contributed by atoms with Gasteiger partial charge in [-0.25, -0.2) is 4.98 Å². The lowest BCUT2D eigenvalue weighted by Gasteiger charge is -2.09. The van der Waals surface area contributed by atoms with Crippen LogP contribution in [-0.4, -0.2) is 27.9 Å². The molecule has 0 spiro atoms. The largest absolute Gasteiger partial charge is 0.379 e. The highest BCUT2D eigenvalue weighted by atomic mass is 16.6. The summed E-state index contributed by atoms with van der Waals surface area (Å²) in [6, 6.07) is 6.67. The summed E-state index contributed by atoms with van der Waals surface area (Å²) >= 11 is 0. The Balaban J connectivity index is 1.84. The average molecular weight is 345 g/mol. The lowest BCUT2D eigenvalue weighted by Crippen LogP contribution is -2.11. The number of hydrogen-bond acceptors (Lipinski definition) is 7. The maximum Gasteiger partial charge on any atom is 0.292 e. The van der Waals surface area contributed by atoms with E-state index in [0.29, 0.717) is 36.6 Å². The maximum absolute atomic E-state index is 11.1. The van der Waals surface area contributed by atoms with Gasteiger partial charge in [0.15, 0.2) is 0 Å². The van der Waals surface area contributed by atoms with E-state index in [0.717, 1.165) is 5.56 Å². The van der Waals surface area contributed by atoms with Gasteiger partial charge >= 0.3 is 0 Å². The molecule has 0 unspecified atom stereocenters. The molecule has 1 aromatic heterocycles. The SMILES string of the molecule is Cc1ccc(NCCCNc2cc(C)c([N+](=O)[O-])cn2)c([N+](=O)[O-])c1. The van der Waals surface area contributed by atoms with Crippen LogP contribution in [0.5, 0.6) is 0 Å². The van der Waals surface area contributed by atoms with Gasteiger partial charge in [-0.05, 0) is 38.0 Å². The van der Waals surface area contributed by atoms with Crippen molar-refractivity contribution in [1.82, 2.24) is 4.98 Å². The van der Waals surface area contributed by atoms with Gasteiger partial charge in [0.05, 0.1) is 9.85 Å². The normalized spacial score (nSPS) is 10.3. The monoisotopic (exact) mass is 345 g/mol. The number of nitrogens with one attached hydrogen (secondary N) is 2. The molecule has 0 saturated heterocycles. The van der Waals surface area contributed by atoms with Crippen LogP contribution < -0.4 is 10.6 Å². The Labute approximate surface area is 144 Å². The second-order valence-corrected chi connectivity index (χ2v) is 5.60. The fourth-order valence-corrected chi connectivity index (χ4v) is 2.31. The van der Waals surface area contributed by atoms with Crippen LogP contribution in [0.4, 0.5) is 22.9 Å². The number of anilines is 2. The zero-order chi connectivity index (χ0) is 18.4. The van der Waals surface area contributed by atoms with E-state index in [4.69, 9.17) is 0 Å². The molecule has 0 fully saturated rings. The van der Waals surface area contributed by atoms with Crippen LogP contribution in [0.1, 0.15) is 17.5 Å². The topological polar surface area (TPSA) is 123 Å². The number of hydrogen-bond donors (Lipinski definition) is 2. The average Bonchev–Trinajstić information content (AvgIpc) is 2.55. The molecule has 0 radical (unpaired) electrons. The molecule has 9 nitrogen and oxygen atoms in total. The summed E-state index contributed by atoms with van der Waals surface area (Å²) in [7, 11) is 0. The highest BCUT2D eigenvalue weighted by Gasteiger charge is 2.13. The number of rotatable bonds is 8. The van der Waals surface area contributed by atoms with Crippen molar-refractivity contribution in [3.05, 3.63) is 61.8 Å². The first-order valence-electron chi connectivity index (χ1n) is 7.72. The van der Waals surface area contributed by atoms with E-state index in [1.165, 1.54) is 12.3 Å². The second-order valence-electron chi connectivity index (χ2n) is 5.60. The Morgan fingerprint density at radius 1 is 1.00 bits per heavy atom. The maximum atomic E-state index is 11.1. The predicted molar refractivity (Wildman–Crippen MR) is 95.1 cm³/mol. The molecule has 25 heavy (non-hydrogen) atoms. The van der Waals surface area contributed by atoms with Crippen LogP contribution in [0.3, 0.4) is 0 Å². The van der Waals surface area contributed by atoms with Gasteiger partial charge in [0.1, 0.15) is 17.7 Å². The van der Waals surface area contributed by atoms with Crippen LogP contribution in [-0.2, 0) is 0 Å². The molecule has 1 aromatic carbocycles. The van der Waals surface area contributed by atoms with Gasteiger partial charge < -0.3 is 10.6 Å². The zero-order valence-electron chi connectivity index (χ0n) is 14.0. The van der Waals surface area contributed by atoms with Crippen molar-refractivity contribution in [2.24, 2.45) is 0 Å². The lowest BCUT2D eigenvalue weighted by molar-refractivity contribution is -0.385. The van der Waals surface area contributed by atoms with E-state index in [1.54, 1.807) is 26.0 Å². The summed E-state index contributed by atoms with van der Waals surface area (Å²) in [6.07, 6.45) is 1.92. The third-order valence-corrected chi connectivity index (χ3v) is 3.60. The standard InChI is InChI=1S/C16H19N5O4/c1-11-4-5-13(14(8-11)20(22)23)17-6-3-7-18-16-9-12(2)15(10-19-16)21(24)25/h4-5,8-10,17H,3,6-7H2,1-2H3,(H,18,19). The first-order valence-corrected chi connectivity index (χ1v) is 7.72. The fraction of sp³-hybridized carbons (Fsp3) is 0.312. The third kappa shape index (κ3) is 4.87. The van der Waals surface area contributed by atoms with Crippen LogP contribution >= 0.6 is 0 Å². The molecule has 0 amide bonds. The minimum atomic E-state index is -0.468. The van der Waals surface area contributed by atoms with Gasteiger partial charge in [-0.1, -0.05) is 6.07 Å². The minimum Gasteiger partial charge on any atom is -0.379 e. The highest BCUT2D eigenvalue weighted by molar-refractivity contribution is 5.62. The Morgan fingerprint density at radius 2 is 1.68 bits per heavy atom. The molecule has 0 aliphatic rings. The Morgan fingerprint density at radius 3 is 2.32 bits per heavy atom. The number of pyridine rings is 1. The number of nitro benzene ring substituents is 1. The van der Waals surface area contributed by atoms with Crippen molar-refractivity contribution in [2.45, 2.75) is 20.3 Å². The van der Waals surface area contributed by atoms with E-state index < -0.39 is 9.85 Å². The quantitative estimate of drug-likeness (QED) is 0.427. The molecule has 132 valence electrons. The number of nitrogens with zero attached hydrogens (tertiary/aromatic N) is 3. The number of aromatic nitrogens is 1. The van der Waals surface area contributed by atoms with Crippen LogP contribution in [0.15, 0.2) is 30.5 Å². The van der Waals surface area contributed by atoms with Crippen molar-refractivity contribution in [2.75, 3.05) is 23.7 Å². The van der Waals surface area contributed by atoms with E-state index in [9.17, 15) is 20.2 Å². The zero-order valence-corrected chi connectivity index (χ0v) is 14.0. The van der Waals surface area contributed by atoms with Gasteiger partial charge in [-0.3, -0.25) is 20.2 Å².